The molecule has 9 heteroatoms. The van der Waals surface area contributed by atoms with E-state index in [1.807, 2.05) is 18.2 Å². The Hall–Kier alpha value is -3.17. The maximum absolute atomic E-state index is 13.4. The maximum atomic E-state index is 13.4. The molecule has 0 fully saturated rings. The largest absolute Gasteiger partial charge is 0.308 e. The van der Waals surface area contributed by atoms with Crippen molar-refractivity contribution in [3.63, 3.8) is 0 Å². The first kappa shape index (κ1) is 22.6. The predicted molar refractivity (Wildman–Crippen MR) is 131 cm³/mol. The van der Waals surface area contributed by atoms with Crippen LogP contribution in [-0.4, -0.2) is 42.1 Å². The number of amides is 1. The fourth-order valence-corrected chi connectivity index (χ4v) is 6.87. The lowest BCUT2D eigenvalue weighted by molar-refractivity contribution is 0.0985. The van der Waals surface area contributed by atoms with Crippen molar-refractivity contribution in [2.45, 2.75) is 29.1 Å². The van der Waals surface area contributed by atoms with E-state index in [2.05, 4.69) is 0 Å². The van der Waals surface area contributed by atoms with Gasteiger partial charge in [-0.3, -0.25) is 9.10 Å². The van der Waals surface area contributed by atoms with E-state index in [0.717, 1.165) is 17.4 Å². The zero-order chi connectivity index (χ0) is 24.1. The molecule has 0 aromatic heterocycles. The summed E-state index contributed by atoms with van der Waals surface area (Å²) in [6.45, 7) is 0.836. The van der Waals surface area contributed by atoms with Crippen LogP contribution < -0.4 is 9.21 Å². The summed E-state index contributed by atoms with van der Waals surface area (Å²) < 4.78 is 52.1. The summed E-state index contributed by atoms with van der Waals surface area (Å²) in [5.41, 5.74) is 3.38. The van der Waals surface area contributed by atoms with Crippen LogP contribution in [0.3, 0.4) is 0 Å². The Kier molecular flexibility index (Phi) is 5.49. The molecule has 7 nitrogen and oxygen atoms in total. The van der Waals surface area contributed by atoms with Crippen LogP contribution in [-0.2, 0) is 32.7 Å². The lowest BCUT2D eigenvalue weighted by Crippen LogP contribution is -2.36. The molecule has 0 atom stereocenters. The van der Waals surface area contributed by atoms with E-state index < -0.39 is 19.9 Å². The molecule has 176 valence electrons. The van der Waals surface area contributed by atoms with Gasteiger partial charge in [0, 0.05) is 30.6 Å². The molecule has 5 rings (SSSR count). The average Bonchev–Trinajstić information content (AvgIpc) is 3.27. The van der Waals surface area contributed by atoms with Gasteiger partial charge in [0.05, 0.1) is 15.5 Å². The van der Waals surface area contributed by atoms with Crippen LogP contribution >= 0.6 is 0 Å². The van der Waals surface area contributed by atoms with Crippen molar-refractivity contribution < 1.29 is 21.6 Å². The van der Waals surface area contributed by atoms with Crippen molar-refractivity contribution in [2.75, 3.05) is 28.6 Å². The fourth-order valence-electron chi connectivity index (χ4n) is 4.65. The normalized spacial score (nSPS) is 15.7. The molecule has 1 amide bonds. The number of benzene rings is 3. The summed E-state index contributed by atoms with van der Waals surface area (Å²) in [6.07, 6.45) is 3.17. The SMILES string of the molecule is CS(=O)(=O)c1ccc2c(c1)CCCN2C(=O)c1cccc(S(=O)(=O)N2CCc3ccccc32)c1. The molecule has 0 radical (unpaired) electrons. The summed E-state index contributed by atoms with van der Waals surface area (Å²) in [7, 11) is -7.18. The standard InChI is InChI=1S/C25H24N2O5S2/c1-33(29,30)21-11-12-23-19(16-21)8-5-14-26(23)25(28)20-7-4-9-22(17-20)34(31,32)27-15-13-18-6-2-3-10-24(18)27/h2-4,6-7,9-12,16-17H,5,8,13-15H2,1H3. The summed E-state index contributed by atoms with van der Waals surface area (Å²) >= 11 is 0. The van der Waals surface area contributed by atoms with Crippen LogP contribution in [0.15, 0.2) is 76.5 Å². The Balaban J connectivity index is 1.48. The third-order valence-corrected chi connectivity index (χ3v) is 9.28. The van der Waals surface area contributed by atoms with E-state index in [0.29, 0.717) is 43.7 Å². The van der Waals surface area contributed by atoms with Gasteiger partial charge >= 0.3 is 0 Å². The van der Waals surface area contributed by atoms with Crippen LogP contribution in [0.2, 0.25) is 0 Å². The van der Waals surface area contributed by atoms with Gasteiger partial charge < -0.3 is 4.90 Å². The van der Waals surface area contributed by atoms with Gasteiger partial charge in [0.1, 0.15) is 0 Å². The second kappa shape index (κ2) is 8.25. The van der Waals surface area contributed by atoms with E-state index >= 15 is 0 Å². The molecular weight excluding hydrogens is 472 g/mol. The highest BCUT2D eigenvalue weighted by Gasteiger charge is 2.32. The number of nitrogens with zero attached hydrogens (tertiary/aromatic N) is 2. The molecule has 2 heterocycles. The predicted octanol–water partition coefficient (Wildman–Crippen LogP) is 3.43. The van der Waals surface area contributed by atoms with Crippen molar-refractivity contribution >= 4 is 37.1 Å². The molecular formula is C25H24N2O5S2. The zero-order valence-electron chi connectivity index (χ0n) is 18.6. The molecule has 0 saturated heterocycles. The number of rotatable bonds is 4. The van der Waals surface area contributed by atoms with Gasteiger partial charge in [-0.05, 0) is 72.9 Å². The van der Waals surface area contributed by atoms with Gasteiger partial charge in [-0.25, -0.2) is 16.8 Å². The fraction of sp³-hybridized carbons (Fsp3) is 0.240. The Morgan fingerprint density at radius 2 is 1.56 bits per heavy atom. The monoisotopic (exact) mass is 496 g/mol. The van der Waals surface area contributed by atoms with Crippen molar-refractivity contribution in [2.24, 2.45) is 0 Å². The highest BCUT2D eigenvalue weighted by molar-refractivity contribution is 7.92. The Labute approximate surface area is 199 Å². The topological polar surface area (TPSA) is 91.8 Å². The van der Waals surface area contributed by atoms with Crippen molar-refractivity contribution in [3.8, 4) is 0 Å². The Bertz CT molecular complexity index is 1510. The molecule has 0 aliphatic carbocycles. The Morgan fingerprint density at radius 1 is 0.765 bits per heavy atom. The van der Waals surface area contributed by atoms with Gasteiger partial charge in [0.25, 0.3) is 15.9 Å². The number of anilines is 2. The van der Waals surface area contributed by atoms with Crippen LogP contribution in [0.1, 0.15) is 27.9 Å². The molecule has 0 N–H and O–H groups in total. The highest BCUT2D eigenvalue weighted by atomic mass is 32.2. The zero-order valence-corrected chi connectivity index (χ0v) is 20.3. The summed E-state index contributed by atoms with van der Waals surface area (Å²) in [5.74, 6) is -0.313. The number of hydrogen-bond acceptors (Lipinski definition) is 5. The lowest BCUT2D eigenvalue weighted by atomic mass is 10.0. The van der Waals surface area contributed by atoms with E-state index in [1.54, 1.807) is 35.2 Å². The van der Waals surface area contributed by atoms with Crippen LogP contribution in [0.4, 0.5) is 11.4 Å². The van der Waals surface area contributed by atoms with E-state index in [9.17, 15) is 21.6 Å². The lowest BCUT2D eigenvalue weighted by Gasteiger charge is -2.30. The molecule has 2 aliphatic heterocycles. The van der Waals surface area contributed by atoms with Crippen molar-refractivity contribution in [1.29, 1.82) is 0 Å². The molecule has 34 heavy (non-hydrogen) atoms. The Morgan fingerprint density at radius 3 is 2.35 bits per heavy atom. The van der Waals surface area contributed by atoms with Gasteiger partial charge in [0.2, 0.25) is 0 Å². The van der Waals surface area contributed by atoms with Gasteiger partial charge in [0.15, 0.2) is 9.84 Å². The summed E-state index contributed by atoms with van der Waals surface area (Å²) in [4.78, 5) is 15.3. The number of sulfone groups is 1. The van der Waals surface area contributed by atoms with E-state index in [1.165, 1.54) is 22.5 Å². The molecule has 3 aromatic carbocycles. The smallest absolute Gasteiger partial charge is 0.264 e. The minimum atomic E-state index is -3.83. The van der Waals surface area contributed by atoms with Crippen LogP contribution in [0.25, 0.3) is 0 Å². The van der Waals surface area contributed by atoms with E-state index in [-0.39, 0.29) is 21.3 Å². The highest BCUT2D eigenvalue weighted by Crippen LogP contribution is 2.34. The van der Waals surface area contributed by atoms with Crippen molar-refractivity contribution in [3.05, 3.63) is 83.4 Å². The number of hydrogen-bond donors (Lipinski definition) is 0. The number of aryl methyl sites for hydroxylation is 1. The number of para-hydroxylation sites is 1. The first-order valence-corrected chi connectivity index (χ1v) is 14.3. The van der Waals surface area contributed by atoms with Gasteiger partial charge in [-0.15, -0.1) is 0 Å². The third-order valence-electron chi connectivity index (χ3n) is 6.36. The van der Waals surface area contributed by atoms with Gasteiger partial charge in [-0.2, -0.15) is 0 Å². The van der Waals surface area contributed by atoms with Crippen LogP contribution in [0.5, 0.6) is 0 Å². The first-order valence-electron chi connectivity index (χ1n) is 11.0. The second-order valence-electron chi connectivity index (χ2n) is 8.61. The average molecular weight is 497 g/mol. The van der Waals surface area contributed by atoms with E-state index in [4.69, 9.17) is 0 Å². The number of carbonyl (C=O) groups excluding carboxylic acids is 1. The molecule has 3 aromatic rings. The molecule has 0 saturated carbocycles. The molecule has 0 bridgehead atoms. The summed E-state index contributed by atoms with van der Waals surface area (Å²) in [6, 6.07) is 18.3. The number of carbonyl (C=O) groups is 1. The van der Waals surface area contributed by atoms with Crippen LogP contribution in [0, 0.1) is 0 Å². The minimum absolute atomic E-state index is 0.0692. The maximum Gasteiger partial charge on any atom is 0.264 e. The minimum Gasteiger partial charge on any atom is -0.308 e. The molecule has 2 aliphatic rings. The quantitative estimate of drug-likeness (QED) is 0.552. The van der Waals surface area contributed by atoms with Gasteiger partial charge in [-0.1, -0.05) is 24.3 Å². The molecule has 0 spiro atoms. The summed E-state index contributed by atoms with van der Waals surface area (Å²) in [5, 5.41) is 0. The second-order valence-corrected chi connectivity index (χ2v) is 12.5. The number of fused-ring (bicyclic) bond motifs is 2. The van der Waals surface area contributed by atoms with Crippen molar-refractivity contribution in [1.82, 2.24) is 0 Å². The molecule has 0 unspecified atom stereocenters. The third kappa shape index (κ3) is 3.88. The first-order chi connectivity index (χ1) is 16.2. The number of sulfonamides is 1.